The maximum Gasteiger partial charge on any atom is 0.136 e. The highest BCUT2D eigenvalue weighted by Gasteiger charge is 2.05. The monoisotopic (exact) mass is 292 g/mol. The Bertz CT molecular complexity index is 261. The molecule has 0 heterocycles. The molecule has 0 unspecified atom stereocenters. The van der Waals surface area contributed by atoms with Crippen molar-refractivity contribution in [1.29, 1.82) is 0 Å². The maximum absolute atomic E-state index is 5.45. The van der Waals surface area contributed by atoms with Crippen LogP contribution in [0.5, 0.6) is 5.75 Å². The maximum atomic E-state index is 5.45. The number of rotatable bonds is 2. The highest BCUT2D eigenvalue weighted by molar-refractivity contribution is 9.11. The van der Waals surface area contributed by atoms with E-state index in [2.05, 4.69) is 31.9 Å². The molecule has 0 spiro atoms. The van der Waals surface area contributed by atoms with Gasteiger partial charge in [-0.15, -0.1) is 0 Å². The van der Waals surface area contributed by atoms with Crippen molar-refractivity contribution in [2.24, 2.45) is 0 Å². The van der Waals surface area contributed by atoms with Gasteiger partial charge < -0.3 is 4.74 Å². The van der Waals surface area contributed by atoms with E-state index in [-0.39, 0.29) is 0 Å². The second-order valence-electron chi connectivity index (χ2n) is 2.47. The summed E-state index contributed by atoms with van der Waals surface area (Å²) < 4.78 is 7.52. The zero-order valence-electron chi connectivity index (χ0n) is 7.03. The molecule has 12 heavy (non-hydrogen) atoms. The topological polar surface area (TPSA) is 9.23 Å². The fourth-order valence-electron chi connectivity index (χ4n) is 1.02. The van der Waals surface area contributed by atoms with Gasteiger partial charge in [0.2, 0.25) is 0 Å². The predicted octanol–water partition coefficient (Wildman–Crippen LogP) is 3.92. The van der Waals surface area contributed by atoms with Gasteiger partial charge >= 0.3 is 0 Å². The van der Waals surface area contributed by atoms with E-state index in [1.807, 2.05) is 26.0 Å². The molecule has 0 saturated carbocycles. The molecule has 0 amide bonds. The second-order valence-corrected chi connectivity index (χ2v) is 4.24. The quantitative estimate of drug-likeness (QED) is 0.803. The van der Waals surface area contributed by atoms with Crippen molar-refractivity contribution in [2.75, 3.05) is 6.61 Å². The first kappa shape index (κ1) is 10.1. The number of aryl methyl sites for hydroxylation is 1. The van der Waals surface area contributed by atoms with Crippen LogP contribution >= 0.6 is 31.9 Å². The lowest BCUT2D eigenvalue weighted by molar-refractivity contribution is 0.335. The Morgan fingerprint density at radius 1 is 1.33 bits per heavy atom. The number of benzene rings is 1. The van der Waals surface area contributed by atoms with Crippen molar-refractivity contribution >= 4 is 31.9 Å². The van der Waals surface area contributed by atoms with E-state index in [1.54, 1.807) is 0 Å². The molecule has 0 radical (unpaired) electrons. The minimum atomic E-state index is 0.696. The molecule has 1 aromatic rings. The summed E-state index contributed by atoms with van der Waals surface area (Å²) in [6, 6.07) is 4.02. The molecule has 0 aliphatic rings. The minimum Gasteiger partial charge on any atom is -0.492 e. The van der Waals surface area contributed by atoms with Gasteiger partial charge in [0.15, 0.2) is 0 Å². The summed E-state index contributed by atoms with van der Waals surface area (Å²) in [5, 5.41) is 0. The Morgan fingerprint density at radius 2 is 2.00 bits per heavy atom. The van der Waals surface area contributed by atoms with Crippen LogP contribution in [0, 0.1) is 6.92 Å². The molecule has 0 bridgehead atoms. The Kier molecular flexibility index (Phi) is 3.59. The standard InChI is InChI=1S/C9H10Br2O/c1-3-12-9-6(2)4-7(10)5-8(9)11/h4-5H,3H2,1-2H3. The molecule has 0 aliphatic heterocycles. The Hall–Kier alpha value is -0.0200. The average Bonchev–Trinajstić information content (AvgIpc) is 1.96. The van der Waals surface area contributed by atoms with Crippen LogP contribution in [-0.2, 0) is 0 Å². The largest absolute Gasteiger partial charge is 0.492 e. The summed E-state index contributed by atoms with van der Waals surface area (Å²) in [6.07, 6.45) is 0. The summed E-state index contributed by atoms with van der Waals surface area (Å²) in [5.74, 6) is 0.931. The summed E-state index contributed by atoms with van der Waals surface area (Å²) in [6.45, 7) is 4.70. The summed E-state index contributed by atoms with van der Waals surface area (Å²) >= 11 is 6.86. The third-order valence-electron chi connectivity index (χ3n) is 1.48. The lowest BCUT2D eigenvalue weighted by Gasteiger charge is -2.09. The summed E-state index contributed by atoms with van der Waals surface area (Å²) in [4.78, 5) is 0. The molecular weight excluding hydrogens is 284 g/mol. The summed E-state index contributed by atoms with van der Waals surface area (Å²) in [7, 11) is 0. The van der Waals surface area contributed by atoms with Crippen molar-refractivity contribution in [3.05, 3.63) is 26.6 Å². The molecule has 1 rings (SSSR count). The van der Waals surface area contributed by atoms with Crippen LogP contribution in [0.3, 0.4) is 0 Å². The van der Waals surface area contributed by atoms with Crippen LogP contribution in [0.4, 0.5) is 0 Å². The number of ether oxygens (including phenoxy) is 1. The lowest BCUT2D eigenvalue weighted by Crippen LogP contribution is -1.94. The van der Waals surface area contributed by atoms with Crippen LogP contribution in [-0.4, -0.2) is 6.61 Å². The smallest absolute Gasteiger partial charge is 0.136 e. The van der Waals surface area contributed by atoms with E-state index in [1.165, 1.54) is 0 Å². The highest BCUT2D eigenvalue weighted by atomic mass is 79.9. The Balaban J connectivity index is 3.10. The molecule has 66 valence electrons. The molecule has 0 fully saturated rings. The van der Waals surface area contributed by atoms with Crippen LogP contribution < -0.4 is 4.74 Å². The second kappa shape index (κ2) is 4.28. The van der Waals surface area contributed by atoms with Crippen molar-refractivity contribution in [3.8, 4) is 5.75 Å². The van der Waals surface area contributed by atoms with Crippen molar-refractivity contribution in [1.82, 2.24) is 0 Å². The lowest BCUT2D eigenvalue weighted by atomic mass is 10.2. The van der Waals surface area contributed by atoms with Crippen LogP contribution in [0.2, 0.25) is 0 Å². The average molecular weight is 294 g/mol. The van der Waals surface area contributed by atoms with Crippen molar-refractivity contribution in [3.63, 3.8) is 0 Å². The first-order valence-electron chi connectivity index (χ1n) is 3.73. The van der Waals surface area contributed by atoms with Crippen LogP contribution in [0.1, 0.15) is 12.5 Å². The van der Waals surface area contributed by atoms with Gasteiger partial charge in [-0.25, -0.2) is 0 Å². The Morgan fingerprint density at radius 3 is 2.50 bits per heavy atom. The third-order valence-corrected chi connectivity index (χ3v) is 2.53. The molecule has 3 heteroatoms. The van der Waals surface area contributed by atoms with Gasteiger partial charge in [-0.1, -0.05) is 15.9 Å². The molecule has 0 saturated heterocycles. The van der Waals surface area contributed by atoms with Gasteiger partial charge in [-0.05, 0) is 47.5 Å². The van der Waals surface area contributed by atoms with Gasteiger partial charge in [0, 0.05) is 4.47 Å². The normalized spacial score (nSPS) is 10.0. The SMILES string of the molecule is CCOc1c(C)cc(Br)cc1Br. The molecule has 0 atom stereocenters. The molecule has 1 nitrogen and oxygen atoms in total. The van der Waals surface area contributed by atoms with E-state index >= 15 is 0 Å². The van der Waals surface area contributed by atoms with E-state index < -0.39 is 0 Å². The van der Waals surface area contributed by atoms with Crippen molar-refractivity contribution in [2.45, 2.75) is 13.8 Å². The van der Waals surface area contributed by atoms with E-state index in [9.17, 15) is 0 Å². The first-order valence-corrected chi connectivity index (χ1v) is 5.32. The van der Waals surface area contributed by atoms with Crippen LogP contribution in [0.15, 0.2) is 21.1 Å². The molecular formula is C9H10Br2O. The first-order chi connectivity index (χ1) is 5.65. The molecule has 1 aromatic carbocycles. The molecule has 0 aromatic heterocycles. The van der Waals surface area contributed by atoms with Gasteiger partial charge in [-0.2, -0.15) is 0 Å². The third kappa shape index (κ3) is 2.23. The fraction of sp³-hybridized carbons (Fsp3) is 0.333. The number of hydrogen-bond donors (Lipinski definition) is 0. The highest BCUT2D eigenvalue weighted by Crippen LogP contribution is 2.32. The molecule has 0 aliphatic carbocycles. The fourth-order valence-corrected chi connectivity index (χ4v) is 2.57. The van der Waals surface area contributed by atoms with Gasteiger partial charge in [0.1, 0.15) is 5.75 Å². The summed E-state index contributed by atoms with van der Waals surface area (Å²) in [5.41, 5.74) is 1.14. The zero-order chi connectivity index (χ0) is 9.14. The number of halogens is 2. The van der Waals surface area contributed by atoms with Crippen LogP contribution in [0.25, 0.3) is 0 Å². The minimum absolute atomic E-state index is 0.696. The van der Waals surface area contributed by atoms with Crippen molar-refractivity contribution < 1.29 is 4.74 Å². The zero-order valence-corrected chi connectivity index (χ0v) is 10.2. The van der Waals surface area contributed by atoms with E-state index in [4.69, 9.17) is 4.74 Å². The van der Waals surface area contributed by atoms with E-state index in [0.717, 1.165) is 20.3 Å². The predicted molar refractivity (Wildman–Crippen MR) is 57.7 cm³/mol. The Labute approximate surface area is 89.4 Å². The van der Waals surface area contributed by atoms with Gasteiger partial charge in [-0.3, -0.25) is 0 Å². The van der Waals surface area contributed by atoms with Gasteiger partial charge in [0.25, 0.3) is 0 Å². The number of hydrogen-bond acceptors (Lipinski definition) is 1. The molecule has 0 N–H and O–H groups in total. The van der Waals surface area contributed by atoms with Gasteiger partial charge in [0.05, 0.1) is 11.1 Å². The van der Waals surface area contributed by atoms with E-state index in [0.29, 0.717) is 6.61 Å².